The molecular weight excluding hydrogens is 1010 g/mol. The predicted octanol–water partition coefficient (Wildman–Crippen LogP) is 21.4. The minimum absolute atomic E-state index is 0.0373. The van der Waals surface area contributed by atoms with Crippen LogP contribution in [0.2, 0.25) is 0 Å². The molecule has 0 aliphatic rings. The van der Waals surface area contributed by atoms with Crippen LogP contribution in [0.4, 0.5) is 0 Å². The number of quaternary nitrogens is 1. The fourth-order valence-corrected chi connectivity index (χ4v) is 10.7. The van der Waals surface area contributed by atoms with Crippen molar-refractivity contribution < 1.29 is 37.3 Å². The smallest absolute Gasteiger partial charge is 0.456 e. The maximum atomic E-state index is 13.6. The van der Waals surface area contributed by atoms with E-state index in [1.165, 1.54) is 199 Å². The van der Waals surface area contributed by atoms with Gasteiger partial charge >= 0.3 is 13.8 Å². The Balaban J connectivity index is 5.10. The molecular formula is C70H132N2O7P+. The third-order valence-corrected chi connectivity index (χ3v) is 16.2. The first-order chi connectivity index (χ1) is 38.9. The quantitative estimate of drug-likeness (QED) is 0.0205. The summed E-state index contributed by atoms with van der Waals surface area (Å²) in [6, 6.07) is -0.856. The Bertz CT molecular complexity index is 1550. The van der Waals surface area contributed by atoms with Gasteiger partial charge in [0.15, 0.2) is 0 Å². The van der Waals surface area contributed by atoms with Crippen LogP contribution in [0.25, 0.3) is 0 Å². The lowest BCUT2D eigenvalue weighted by molar-refractivity contribution is -0.870. The molecule has 0 aliphatic carbocycles. The van der Waals surface area contributed by atoms with Crippen LogP contribution in [0.5, 0.6) is 0 Å². The van der Waals surface area contributed by atoms with Crippen LogP contribution >= 0.6 is 7.82 Å². The standard InChI is InChI=1S/C70H131N2O7P/c1-7-10-13-16-19-22-25-28-30-32-33-34-35-36-37-38-39-40-42-45-48-51-54-57-60-63-70(74)79-68(61-58-55-52-49-46-43-27-24-21-18-15-12-9-3)67(66-78-80(75,76)77-65-64-72(4,5)6)71-69(73)62-59-56-53-50-47-44-41-31-29-26-23-20-17-14-11-8-2/h11,14,20,23,28-31,58,61,67-68H,7-10,12-13,15-19,21-22,24-27,32-57,59-60,62-66H2,1-6H3,(H-,71,73,75,76)/p+1/b14-11+,23-20+,30-28+,31-29+,61-58-. The van der Waals surface area contributed by atoms with Crippen molar-refractivity contribution in [3.05, 3.63) is 60.8 Å². The number of hydrogen-bond acceptors (Lipinski definition) is 6. The largest absolute Gasteiger partial charge is 0.472 e. The van der Waals surface area contributed by atoms with Gasteiger partial charge in [0.1, 0.15) is 19.3 Å². The van der Waals surface area contributed by atoms with Gasteiger partial charge < -0.3 is 19.4 Å². The van der Waals surface area contributed by atoms with Crippen LogP contribution in [-0.4, -0.2) is 74.3 Å². The summed E-state index contributed by atoms with van der Waals surface area (Å²) in [6.45, 7) is 6.92. The first kappa shape index (κ1) is 77.7. The van der Waals surface area contributed by atoms with E-state index in [0.717, 1.165) is 89.9 Å². The van der Waals surface area contributed by atoms with E-state index in [0.29, 0.717) is 17.4 Å². The number of nitrogens with one attached hydrogen (secondary N) is 1. The number of phosphoric ester groups is 1. The molecule has 468 valence electrons. The normalized spacial score (nSPS) is 13.9. The van der Waals surface area contributed by atoms with Gasteiger partial charge in [0.2, 0.25) is 5.91 Å². The molecule has 0 aliphatic heterocycles. The van der Waals surface area contributed by atoms with Crippen molar-refractivity contribution in [3.63, 3.8) is 0 Å². The summed E-state index contributed by atoms with van der Waals surface area (Å²) < 4.78 is 30.8. The highest BCUT2D eigenvalue weighted by molar-refractivity contribution is 7.47. The number of phosphoric acid groups is 1. The average molecular weight is 1140 g/mol. The molecule has 0 aromatic rings. The molecule has 3 unspecified atom stereocenters. The Labute approximate surface area is 496 Å². The number of unbranched alkanes of at least 4 members (excludes halogenated alkanes) is 38. The van der Waals surface area contributed by atoms with Gasteiger partial charge in [-0.2, -0.15) is 0 Å². The van der Waals surface area contributed by atoms with Gasteiger partial charge in [0, 0.05) is 12.8 Å². The second-order valence-electron chi connectivity index (χ2n) is 24.3. The van der Waals surface area contributed by atoms with Gasteiger partial charge in [-0.25, -0.2) is 4.57 Å². The minimum atomic E-state index is -4.46. The monoisotopic (exact) mass is 1140 g/mol. The van der Waals surface area contributed by atoms with Gasteiger partial charge in [0.25, 0.3) is 0 Å². The summed E-state index contributed by atoms with van der Waals surface area (Å²) in [5, 5.41) is 3.06. The Morgan fingerprint density at radius 2 is 0.800 bits per heavy atom. The Morgan fingerprint density at radius 3 is 1.21 bits per heavy atom. The number of rotatable bonds is 62. The van der Waals surface area contributed by atoms with E-state index in [1.807, 2.05) is 33.3 Å². The van der Waals surface area contributed by atoms with E-state index in [1.54, 1.807) is 0 Å². The van der Waals surface area contributed by atoms with Crippen molar-refractivity contribution in [2.45, 2.75) is 335 Å². The first-order valence-electron chi connectivity index (χ1n) is 34.1. The SMILES string of the molecule is CC/C=C/C/C=C/C/C=C/CCCCCCCCC(=O)NC(COP(=O)(O)OCC[N+](C)(C)C)C(/C=C\CCCCCCCCCCCCC)OC(=O)CCCCCCCCCCCCCCCCC/C=C/CCCCCCCC. The van der Waals surface area contributed by atoms with Gasteiger partial charge in [-0.05, 0) is 89.5 Å². The molecule has 0 rings (SSSR count). The molecule has 0 aromatic carbocycles. The number of carbonyl (C=O) groups is 2. The van der Waals surface area contributed by atoms with Crippen molar-refractivity contribution in [3.8, 4) is 0 Å². The van der Waals surface area contributed by atoms with Crippen molar-refractivity contribution in [2.75, 3.05) is 40.9 Å². The van der Waals surface area contributed by atoms with E-state index in [-0.39, 0.29) is 31.5 Å². The molecule has 0 bridgehead atoms. The second kappa shape index (κ2) is 59.9. The van der Waals surface area contributed by atoms with Gasteiger partial charge in [-0.3, -0.25) is 18.6 Å². The molecule has 3 atom stereocenters. The molecule has 0 heterocycles. The second-order valence-corrected chi connectivity index (χ2v) is 25.8. The maximum Gasteiger partial charge on any atom is 0.472 e. The molecule has 0 saturated heterocycles. The molecule has 0 spiro atoms. The molecule has 0 radical (unpaired) electrons. The van der Waals surface area contributed by atoms with Crippen LogP contribution in [0.15, 0.2) is 60.8 Å². The summed E-state index contributed by atoms with van der Waals surface area (Å²) in [5.74, 6) is -0.509. The van der Waals surface area contributed by atoms with E-state index in [2.05, 4.69) is 74.7 Å². The van der Waals surface area contributed by atoms with Gasteiger partial charge in [0.05, 0.1) is 33.8 Å². The molecule has 0 aromatic heterocycles. The third kappa shape index (κ3) is 60.3. The summed E-state index contributed by atoms with van der Waals surface area (Å²) in [6.07, 6.45) is 76.6. The van der Waals surface area contributed by atoms with Crippen LogP contribution in [-0.2, 0) is 27.9 Å². The Morgan fingerprint density at radius 1 is 0.450 bits per heavy atom. The molecule has 1 amide bonds. The third-order valence-electron chi connectivity index (χ3n) is 15.2. The number of ether oxygens (including phenoxy) is 1. The van der Waals surface area contributed by atoms with E-state index >= 15 is 0 Å². The first-order valence-corrected chi connectivity index (χ1v) is 35.6. The fourth-order valence-electron chi connectivity index (χ4n) is 9.95. The van der Waals surface area contributed by atoms with Crippen molar-refractivity contribution >= 4 is 19.7 Å². The zero-order chi connectivity index (χ0) is 58.6. The maximum absolute atomic E-state index is 13.6. The van der Waals surface area contributed by atoms with Crippen LogP contribution in [0.3, 0.4) is 0 Å². The molecule has 80 heavy (non-hydrogen) atoms. The highest BCUT2D eigenvalue weighted by atomic mass is 31.2. The van der Waals surface area contributed by atoms with E-state index in [9.17, 15) is 19.0 Å². The highest BCUT2D eigenvalue weighted by Crippen LogP contribution is 2.43. The minimum Gasteiger partial charge on any atom is -0.456 e. The number of likely N-dealkylation sites (N-methyl/N-ethyl adjacent to an activating group) is 1. The summed E-state index contributed by atoms with van der Waals surface area (Å²) >= 11 is 0. The molecule has 10 heteroatoms. The zero-order valence-electron chi connectivity index (χ0n) is 53.6. The number of hydrogen-bond donors (Lipinski definition) is 2. The lowest BCUT2D eigenvalue weighted by Gasteiger charge is -2.27. The number of esters is 1. The number of allylic oxidation sites excluding steroid dienone is 9. The highest BCUT2D eigenvalue weighted by Gasteiger charge is 2.30. The van der Waals surface area contributed by atoms with Crippen molar-refractivity contribution in [1.82, 2.24) is 5.32 Å². The summed E-state index contributed by atoms with van der Waals surface area (Å²) in [7, 11) is 1.49. The van der Waals surface area contributed by atoms with Crippen LogP contribution in [0.1, 0.15) is 323 Å². The van der Waals surface area contributed by atoms with Crippen molar-refractivity contribution in [1.29, 1.82) is 0 Å². The number of nitrogens with zero attached hydrogens (tertiary/aromatic N) is 1. The lowest BCUT2D eigenvalue weighted by atomic mass is 10.0. The Hall–Kier alpha value is -2.29. The molecule has 0 fully saturated rings. The number of amides is 1. The van der Waals surface area contributed by atoms with E-state index in [4.69, 9.17) is 13.8 Å². The van der Waals surface area contributed by atoms with Crippen molar-refractivity contribution in [2.24, 2.45) is 0 Å². The molecule has 9 nitrogen and oxygen atoms in total. The van der Waals surface area contributed by atoms with Gasteiger partial charge in [-0.15, -0.1) is 0 Å². The van der Waals surface area contributed by atoms with Crippen LogP contribution in [0, 0.1) is 0 Å². The van der Waals surface area contributed by atoms with Crippen LogP contribution < -0.4 is 5.32 Å². The topological polar surface area (TPSA) is 111 Å². The number of carbonyl (C=O) groups excluding carboxylic acids is 2. The summed E-state index contributed by atoms with van der Waals surface area (Å²) in [5.41, 5.74) is 0. The predicted molar refractivity (Wildman–Crippen MR) is 346 cm³/mol. The summed E-state index contributed by atoms with van der Waals surface area (Å²) in [4.78, 5) is 37.8. The average Bonchev–Trinajstić information content (AvgIpc) is 3.42. The Kier molecular flexibility index (Phi) is 58.1. The van der Waals surface area contributed by atoms with E-state index < -0.39 is 20.0 Å². The fraction of sp³-hybridized carbons (Fsp3) is 0.829. The van der Waals surface area contributed by atoms with Gasteiger partial charge in [-0.1, -0.05) is 281 Å². The molecule has 2 N–H and O–H groups in total. The lowest BCUT2D eigenvalue weighted by Crippen LogP contribution is -2.47. The molecule has 0 saturated carbocycles. The zero-order valence-corrected chi connectivity index (χ0v) is 54.5.